The molecule has 3 aliphatic rings. The minimum absolute atomic E-state index is 0.00757. The van der Waals surface area contributed by atoms with Crippen LogP contribution in [-0.4, -0.2) is 50.6 Å². The Bertz CT molecular complexity index is 372. The molecule has 6 heteroatoms. The number of carbonyl (C=O) groups excluding carboxylic acids is 2. The lowest BCUT2D eigenvalue weighted by atomic mass is 9.76. The molecule has 0 aromatic heterocycles. The highest BCUT2D eigenvalue weighted by Crippen LogP contribution is 2.33. The highest BCUT2D eigenvalue weighted by atomic mass is 16.7. The van der Waals surface area contributed by atoms with Crippen molar-refractivity contribution in [2.45, 2.75) is 37.9 Å². The lowest BCUT2D eigenvalue weighted by molar-refractivity contribution is -0.156. The molecule has 0 amide bonds. The monoisotopic (exact) mass is 284 g/mol. The first kappa shape index (κ1) is 14.0. The maximum absolute atomic E-state index is 12.4. The van der Waals surface area contributed by atoms with Crippen LogP contribution in [0, 0.1) is 11.8 Å². The largest absolute Gasteiger partial charge is 0.463 e. The van der Waals surface area contributed by atoms with Crippen LogP contribution in [0.25, 0.3) is 0 Å². The molecule has 0 spiro atoms. The van der Waals surface area contributed by atoms with Gasteiger partial charge in [-0.2, -0.15) is 0 Å². The SMILES string of the molecule is O=C(OCC1CO1)C1CCCCC1C(=O)C1COCO1. The average Bonchev–Trinajstić information content (AvgIpc) is 3.15. The van der Waals surface area contributed by atoms with Gasteiger partial charge in [0.2, 0.25) is 0 Å². The summed E-state index contributed by atoms with van der Waals surface area (Å²) in [6, 6.07) is 0. The smallest absolute Gasteiger partial charge is 0.309 e. The molecule has 1 aliphatic carbocycles. The van der Waals surface area contributed by atoms with Crippen LogP contribution in [-0.2, 0) is 28.5 Å². The Morgan fingerprint density at radius 3 is 2.45 bits per heavy atom. The van der Waals surface area contributed by atoms with Crippen molar-refractivity contribution >= 4 is 11.8 Å². The second kappa shape index (κ2) is 6.20. The zero-order valence-electron chi connectivity index (χ0n) is 11.4. The van der Waals surface area contributed by atoms with Gasteiger partial charge in [0.15, 0.2) is 5.78 Å². The number of ether oxygens (including phenoxy) is 4. The summed E-state index contributed by atoms with van der Waals surface area (Å²) < 4.78 is 20.6. The van der Waals surface area contributed by atoms with Gasteiger partial charge in [-0.25, -0.2) is 0 Å². The van der Waals surface area contributed by atoms with E-state index in [2.05, 4.69) is 0 Å². The molecule has 4 atom stereocenters. The lowest BCUT2D eigenvalue weighted by Crippen LogP contribution is -2.40. The normalized spacial score (nSPS) is 36.6. The number of epoxide rings is 1. The van der Waals surface area contributed by atoms with Gasteiger partial charge in [-0.3, -0.25) is 9.59 Å². The number of hydrogen-bond donors (Lipinski definition) is 0. The van der Waals surface area contributed by atoms with Crippen molar-refractivity contribution in [2.24, 2.45) is 11.8 Å². The number of hydrogen-bond acceptors (Lipinski definition) is 6. The topological polar surface area (TPSA) is 74.4 Å². The summed E-state index contributed by atoms with van der Waals surface area (Å²) in [5.74, 6) is -0.897. The number of Topliss-reactive ketones (excluding diaryl/α,β-unsaturated/α-hetero) is 1. The number of esters is 1. The molecule has 2 saturated heterocycles. The predicted molar refractivity (Wildman–Crippen MR) is 66.8 cm³/mol. The van der Waals surface area contributed by atoms with Gasteiger partial charge in [0.05, 0.1) is 19.1 Å². The Morgan fingerprint density at radius 2 is 1.80 bits per heavy atom. The van der Waals surface area contributed by atoms with E-state index in [1.54, 1.807) is 0 Å². The molecule has 0 aromatic rings. The van der Waals surface area contributed by atoms with Crippen molar-refractivity contribution < 1.29 is 28.5 Å². The van der Waals surface area contributed by atoms with Crippen LogP contribution in [0.2, 0.25) is 0 Å². The molecule has 2 aliphatic heterocycles. The Morgan fingerprint density at radius 1 is 1.05 bits per heavy atom. The molecular weight excluding hydrogens is 264 g/mol. The minimum Gasteiger partial charge on any atom is -0.463 e. The molecule has 112 valence electrons. The van der Waals surface area contributed by atoms with Crippen molar-refractivity contribution in [1.29, 1.82) is 0 Å². The second-order valence-corrected chi connectivity index (χ2v) is 5.63. The minimum atomic E-state index is -0.514. The Kier molecular flexibility index (Phi) is 4.33. The van der Waals surface area contributed by atoms with E-state index in [1.807, 2.05) is 0 Å². The van der Waals surface area contributed by atoms with E-state index in [0.717, 1.165) is 19.3 Å². The first-order valence-corrected chi connectivity index (χ1v) is 7.27. The second-order valence-electron chi connectivity index (χ2n) is 5.63. The predicted octanol–water partition coefficient (Wildman–Crippen LogP) is 0.677. The van der Waals surface area contributed by atoms with Crippen molar-refractivity contribution in [3.63, 3.8) is 0 Å². The van der Waals surface area contributed by atoms with Crippen molar-refractivity contribution in [1.82, 2.24) is 0 Å². The molecule has 20 heavy (non-hydrogen) atoms. The van der Waals surface area contributed by atoms with Gasteiger partial charge in [-0.05, 0) is 12.8 Å². The van der Waals surface area contributed by atoms with Crippen LogP contribution in [0.15, 0.2) is 0 Å². The first-order valence-electron chi connectivity index (χ1n) is 7.27. The maximum atomic E-state index is 12.4. The van der Waals surface area contributed by atoms with Gasteiger partial charge in [-0.15, -0.1) is 0 Å². The van der Waals surface area contributed by atoms with Crippen LogP contribution in [0.1, 0.15) is 25.7 Å². The quantitative estimate of drug-likeness (QED) is 0.546. The number of rotatable bonds is 5. The van der Waals surface area contributed by atoms with E-state index in [4.69, 9.17) is 18.9 Å². The van der Waals surface area contributed by atoms with E-state index in [0.29, 0.717) is 26.2 Å². The Hall–Kier alpha value is -0.980. The van der Waals surface area contributed by atoms with Crippen LogP contribution in [0.4, 0.5) is 0 Å². The summed E-state index contributed by atoms with van der Waals surface area (Å²) in [6.45, 7) is 1.43. The van der Waals surface area contributed by atoms with E-state index >= 15 is 0 Å². The van der Waals surface area contributed by atoms with Gasteiger partial charge in [0, 0.05) is 5.92 Å². The van der Waals surface area contributed by atoms with Crippen molar-refractivity contribution in [3.8, 4) is 0 Å². The zero-order chi connectivity index (χ0) is 13.9. The molecular formula is C14H20O6. The van der Waals surface area contributed by atoms with E-state index in [1.165, 1.54) is 0 Å². The third-order valence-corrected chi connectivity index (χ3v) is 4.19. The third-order valence-electron chi connectivity index (χ3n) is 4.19. The summed E-state index contributed by atoms with van der Waals surface area (Å²) in [7, 11) is 0. The summed E-state index contributed by atoms with van der Waals surface area (Å²) in [5, 5.41) is 0. The fourth-order valence-corrected chi connectivity index (χ4v) is 2.94. The molecule has 0 radical (unpaired) electrons. The number of carbonyl (C=O) groups is 2. The van der Waals surface area contributed by atoms with Gasteiger partial charge in [0.1, 0.15) is 25.6 Å². The third kappa shape index (κ3) is 3.19. The van der Waals surface area contributed by atoms with Crippen LogP contribution in [0.3, 0.4) is 0 Å². The van der Waals surface area contributed by atoms with Gasteiger partial charge < -0.3 is 18.9 Å². The van der Waals surface area contributed by atoms with E-state index in [-0.39, 0.29) is 36.5 Å². The molecule has 3 fully saturated rings. The van der Waals surface area contributed by atoms with Gasteiger partial charge in [-0.1, -0.05) is 12.8 Å². The van der Waals surface area contributed by atoms with E-state index < -0.39 is 6.10 Å². The van der Waals surface area contributed by atoms with Gasteiger partial charge >= 0.3 is 5.97 Å². The molecule has 0 aromatic carbocycles. The van der Waals surface area contributed by atoms with Gasteiger partial charge in [0.25, 0.3) is 0 Å². The molecule has 0 N–H and O–H groups in total. The maximum Gasteiger partial charge on any atom is 0.309 e. The average molecular weight is 284 g/mol. The highest BCUT2D eigenvalue weighted by molar-refractivity contribution is 5.90. The van der Waals surface area contributed by atoms with Crippen LogP contribution < -0.4 is 0 Å². The Balaban J connectivity index is 1.59. The molecule has 2 heterocycles. The summed E-state index contributed by atoms with van der Waals surface area (Å²) in [6.07, 6.45) is 2.93. The standard InChI is InChI=1S/C14H20O6/c15-13(12-7-17-8-20-12)10-3-1-2-4-11(10)14(16)19-6-9-5-18-9/h9-12H,1-8H2. The fourth-order valence-electron chi connectivity index (χ4n) is 2.94. The number of ketones is 1. The van der Waals surface area contributed by atoms with Crippen molar-refractivity contribution in [2.75, 3.05) is 26.6 Å². The van der Waals surface area contributed by atoms with Crippen LogP contribution in [0.5, 0.6) is 0 Å². The zero-order valence-corrected chi connectivity index (χ0v) is 11.4. The first-order chi connectivity index (χ1) is 9.75. The molecule has 1 saturated carbocycles. The summed E-state index contributed by atoms with van der Waals surface area (Å²) in [5.41, 5.74) is 0. The van der Waals surface area contributed by atoms with Crippen LogP contribution >= 0.6 is 0 Å². The Labute approximate surface area is 117 Å². The molecule has 6 nitrogen and oxygen atoms in total. The molecule has 4 unspecified atom stereocenters. The van der Waals surface area contributed by atoms with Crippen molar-refractivity contribution in [3.05, 3.63) is 0 Å². The fraction of sp³-hybridized carbons (Fsp3) is 0.857. The van der Waals surface area contributed by atoms with E-state index in [9.17, 15) is 9.59 Å². The highest BCUT2D eigenvalue weighted by Gasteiger charge is 2.41. The summed E-state index contributed by atoms with van der Waals surface area (Å²) >= 11 is 0. The molecule has 3 rings (SSSR count). The molecule has 0 bridgehead atoms. The summed E-state index contributed by atoms with van der Waals surface area (Å²) in [4.78, 5) is 24.6. The lowest BCUT2D eigenvalue weighted by Gasteiger charge is -2.29.